The Morgan fingerprint density at radius 2 is 1.79 bits per heavy atom. The van der Waals surface area contributed by atoms with Crippen LogP contribution >= 0.6 is 0 Å². The zero-order chi connectivity index (χ0) is 10.8. The summed E-state index contributed by atoms with van der Waals surface area (Å²) in [4.78, 5) is 17.5. The van der Waals surface area contributed by atoms with Crippen molar-refractivity contribution in [3.63, 3.8) is 0 Å². The van der Waals surface area contributed by atoms with Gasteiger partial charge in [-0.2, -0.15) is 0 Å². The van der Waals surface area contributed by atoms with Gasteiger partial charge in [0.2, 0.25) is 0 Å². The maximum absolute atomic E-state index is 11.9. The number of nitrogens with zero attached hydrogens (tertiary/aromatic N) is 2. The predicted molar refractivity (Wildman–Crippen MR) is 56.1 cm³/mol. The van der Waals surface area contributed by atoms with Gasteiger partial charge < -0.3 is 4.90 Å². The fourth-order valence-electron chi connectivity index (χ4n) is 0.993. The first-order chi connectivity index (χ1) is 6.43. The Hall–Kier alpha value is -1.38. The van der Waals surface area contributed by atoms with Gasteiger partial charge in [0, 0.05) is 30.5 Å². The summed E-state index contributed by atoms with van der Waals surface area (Å²) in [5, 5.41) is 0. The molecule has 0 atom stereocenters. The number of carbonyl (C=O) groups is 1. The van der Waals surface area contributed by atoms with E-state index in [1.165, 1.54) is 0 Å². The maximum Gasteiger partial charge on any atom is 0.254 e. The summed E-state index contributed by atoms with van der Waals surface area (Å²) in [5.74, 6) is 0.0277. The number of amides is 1. The lowest BCUT2D eigenvalue weighted by Crippen LogP contribution is -2.42. The first kappa shape index (κ1) is 10.7. The molecule has 0 aliphatic heterocycles. The number of carbonyl (C=O) groups excluding carboxylic acids is 1. The van der Waals surface area contributed by atoms with Crippen molar-refractivity contribution in [2.75, 3.05) is 7.05 Å². The van der Waals surface area contributed by atoms with Crippen LogP contribution < -0.4 is 0 Å². The number of pyridine rings is 1. The molecule has 1 rings (SSSR count). The summed E-state index contributed by atoms with van der Waals surface area (Å²) in [5.41, 5.74) is 0.526. The minimum atomic E-state index is -0.152. The minimum Gasteiger partial charge on any atom is -0.337 e. The molecule has 1 heterocycles. The van der Waals surface area contributed by atoms with E-state index in [1.807, 2.05) is 27.8 Å². The fraction of sp³-hybridized carbons (Fsp3) is 0.455. The molecule has 1 aromatic rings. The molecule has 14 heavy (non-hydrogen) atoms. The molecule has 0 aromatic carbocycles. The van der Waals surface area contributed by atoms with Crippen LogP contribution in [0.3, 0.4) is 0 Å². The zero-order valence-electron chi connectivity index (χ0n) is 9.11. The quantitative estimate of drug-likeness (QED) is 0.681. The van der Waals surface area contributed by atoms with Crippen molar-refractivity contribution in [1.82, 2.24) is 9.88 Å². The first-order valence-corrected chi connectivity index (χ1v) is 4.61. The molecule has 0 saturated heterocycles. The molecule has 1 amide bonds. The second kappa shape index (κ2) is 3.78. The maximum atomic E-state index is 11.9. The van der Waals surface area contributed by atoms with E-state index in [0.29, 0.717) is 5.56 Å². The Kier molecular flexibility index (Phi) is 2.89. The Labute approximate surface area is 84.8 Å². The van der Waals surface area contributed by atoms with Gasteiger partial charge in [-0.1, -0.05) is 0 Å². The van der Waals surface area contributed by atoms with Crippen LogP contribution in [-0.2, 0) is 0 Å². The average molecular weight is 192 g/mol. The topological polar surface area (TPSA) is 33.2 Å². The van der Waals surface area contributed by atoms with Crippen molar-refractivity contribution < 1.29 is 4.79 Å². The van der Waals surface area contributed by atoms with Gasteiger partial charge in [-0.05, 0) is 32.9 Å². The number of hydrogen-bond acceptors (Lipinski definition) is 2. The number of aromatic nitrogens is 1. The van der Waals surface area contributed by atoms with Gasteiger partial charge in [0.15, 0.2) is 0 Å². The van der Waals surface area contributed by atoms with Gasteiger partial charge in [0.05, 0.1) is 0 Å². The highest BCUT2D eigenvalue weighted by Crippen LogP contribution is 2.14. The Morgan fingerprint density at radius 1 is 1.29 bits per heavy atom. The minimum absolute atomic E-state index is 0.0277. The van der Waals surface area contributed by atoms with Crippen molar-refractivity contribution in [3.8, 4) is 0 Å². The van der Waals surface area contributed by atoms with Crippen LogP contribution in [0.2, 0.25) is 0 Å². The molecular weight excluding hydrogens is 176 g/mol. The number of rotatable bonds is 1. The smallest absolute Gasteiger partial charge is 0.254 e. The third kappa shape index (κ3) is 2.31. The average Bonchev–Trinajstić information content (AvgIpc) is 2.15. The van der Waals surface area contributed by atoms with Gasteiger partial charge in [-0.3, -0.25) is 9.78 Å². The highest BCUT2D eigenvalue weighted by Gasteiger charge is 2.22. The standard InChI is InChI=1S/C11H16N2O/c1-11(2,3)13(4)10(14)9-5-7-12-8-6-9/h5-8H,1-4H3. The second-order valence-electron chi connectivity index (χ2n) is 4.27. The summed E-state index contributed by atoms with van der Waals surface area (Å²) in [7, 11) is 1.81. The van der Waals surface area contributed by atoms with Crippen molar-refractivity contribution in [1.29, 1.82) is 0 Å². The molecule has 1 aromatic heterocycles. The summed E-state index contributed by atoms with van der Waals surface area (Å²) in [6.45, 7) is 6.02. The molecule has 0 aliphatic carbocycles. The van der Waals surface area contributed by atoms with Crippen LogP contribution in [0.1, 0.15) is 31.1 Å². The van der Waals surface area contributed by atoms with Crippen molar-refractivity contribution in [2.24, 2.45) is 0 Å². The lowest BCUT2D eigenvalue weighted by atomic mass is 10.1. The summed E-state index contributed by atoms with van der Waals surface area (Å²) in [6.07, 6.45) is 3.26. The van der Waals surface area contributed by atoms with Crippen LogP contribution in [0.4, 0.5) is 0 Å². The molecule has 0 aliphatic rings. The molecule has 0 unspecified atom stereocenters. The molecule has 0 spiro atoms. The fourth-order valence-corrected chi connectivity index (χ4v) is 0.993. The van der Waals surface area contributed by atoms with E-state index < -0.39 is 0 Å². The van der Waals surface area contributed by atoms with Crippen LogP contribution in [-0.4, -0.2) is 28.4 Å². The zero-order valence-corrected chi connectivity index (χ0v) is 9.11. The summed E-state index contributed by atoms with van der Waals surface area (Å²) < 4.78 is 0. The van der Waals surface area contributed by atoms with E-state index in [-0.39, 0.29) is 11.4 Å². The van der Waals surface area contributed by atoms with Crippen molar-refractivity contribution in [2.45, 2.75) is 26.3 Å². The van der Waals surface area contributed by atoms with Gasteiger partial charge in [0.25, 0.3) is 5.91 Å². The van der Waals surface area contributed by atoms with Gasteiger partial charge in [-0.25, -0.2) is 0 Å². The Morgan fingerprint density at radius 3 is 2.21 bits per heavy atom. The molecule has 76 valence electrons. The van der Waals surface area contributed by atoms with Crippen molar-refractivity contribution >= 4 is 5.91 Å². The first-order valence-electron chi connectivity index (χ1n) is 4.61. The molecule has 3 heteroatoms. The number of hydrogen-bond donors (Lipinski definition) is 0. The van der Waals surface area contributed by atoms with Crippen LogP contribution in [0.5, 0.6) is 0 Å². The third-order valence-electron chi connectivity index (χ3n) is 2.24. The molecule has 0 radical (unpaired) electrons. The second-order valence-corrected chi connectivity index (χ2v) is 4.27. The Bertz CT molecular complexity index is 314. The van der Waals surface area contributed by atoms with Crippen LogP contribution in [0, 0.1) is 0 Å². The van der Waals surface area contributed by atoms with Crippen LogP contribution in [0.25, 0.3) is 0 Å². The monoisotopic (exact) mass is 192 g/mol. The van der Waals surface area contributed by atoms with E-state index in [4.69, 9.17) is 0 Å². The lowest BCUT2D eigenvalue weighted by molar-refractivity contribution is 0.0655. The normalized spacial score (nSPS) is 11.1. The van der Waals surface area contributed by atoms with Gasteiger partial charge in [-0.15, -0.1) is 0 Å². The Balaban J connectivity index is 2.87. The van der Waals surface area contributed by atoms with Crippen LogP contribution in [0.15, 0.2) is 24.5 Å². The van der Waals surface area contributed by atoms with E-state index in [0.717, 1.165) is 0 Å². The molecule has 0 N–H and O–H groups in total. The molecule has 3 nitrogen and oxygen atoms in total. The van der Waals surface area contributed by atoms with E-state index >= 15 is 0 Å². The largest absolute Gasteiger partial charge is 0.337 e. The predicted octanol–water partition coefficient (Wildman–Crippen LogP) is 1.95. The van der Waals surface area contributed by atoms with Gasteiger partial charge >= 0.3 is 0 Å². The van der Waals surface area contributed by atoms with Gasteiger partial charge in [0.1, 0.15) is 0 Å². The van der Waals surface area contributed by atoms with E-state index in [9.17, 15) is 4.79 Å². The van der Waals surface area contributed by atoms with E-state index in [2.05, 4.69) is 4.98 Å². The molecule has 0 saturated carbocycles. The highest BCUT2D eigenvalue weighted by molar-refractivity contribution is 5.94. The molecular formula is C11H16N2O. The third-order valence-corrected chi connectivity index (χ3v) is 2.24. The molecule has 0 bridgehead atoms. The van der Waals surface area contributed by atoms with E-state index in [1.54, 1.807) is 29.4 Å². The van der Waals surface area contributed by atoms with Crippen molar-refractivity contribution in [3.05, 3.63) is 30.1 Å². The lowest BCUT2D eigenvalue weighted by Gasteiger charge is -2.32. The summed E-state index contributed by atoms with van der Waals surface area (Å²) in [6, 6.07) is 3.45. The summed E-state index contributed by atoms with van der Waals surface area (Å²) >= 11 is 0. The SMILES string of the molecule is CN(C(=O)c1ccncc1)C(C)(C)C. The highest BCUT2D eigenvalue weighted by atomic mass is 16.2. The molecule has 0 fully saturated rings.